The van der Waals surface area contributed by atoms with Crippen molar-refractivity contribution in [2.75, 3.05) is 13.1 Å². The highest BCUT2D eigenvalue weighted by Gasteiger charge is 2.25. The number of fused-ring (bicyclic) bond motifs is 1. The highest BCUT2D eigenvalue weighted by molar-refractivity contribution is 8.00. The summed E-state index contributed by atoms with van der Waals surface area (Å²) in [5.74, 6) is -0.175. The molecule has 1 saturated heterocycles. The Hall–Kier alpha value is -0.710. The zero-order chi connectivity index (χ0) is 12.5. The van der Waals surface area contributed by atoms with E-state index in [0.717, 1.165) is 24.2 Å². The van der Waals surface area contributed by atoms with E-state index >= 15 is 0 Å². The van der Waals surface area contributed by atoms with E-state index in [1.54, 1.807) is 0 Å². The SMILES string of the molecule is Cc1c(SC2CCNCC2)ccc2c1COC2=O.Cl. The molecule has 0 radical (unpaired) electrons. The van der Waals surface area contributed by atoms with E-state index in [2.05, 4.69) is 18.3 Å². The second kappa shape index (κ2) is 6.16. The van der Waals surface area contributed by atoms with Gasteiger partial charge in [-0.1, -0.05) is 0 Å². The average Bonchev–Trinajstić information content (AvgIpc) is 2.77. The number of cyclic esters (lactones) is 1. The highest BCUT2D eigenvalue weighted by Crippen LogP contribution is 2.35. The van der Waals surface area contributed by atoms with Crippen molar-refractivity contribution in [2.24, 2.45) is 0 Å². The van der Waals surface area contributed by atoms with Gasteiger partial charge in [0.15, 0.2) is 0 Å². The molecule has 1 fully saturated rings. The molecule has 2 aliphatic heterocycles. The Morgan fingerprint density at radius 1 is 1.32 bits per heavy atom. The summed E-state index contributed by atoms with van der Waals surface area (Å²) in [6.45, 7) is 4.78. The van der Waals surface area contributed by atoms with Gasteiger partial charge in [0, 0.05) is 15.7 Å². The third kappa shape index (κ3) is 2.91. The molecule has 5 heteroatoms. The number of carbonyl (C=O) groups excluding carboxylic acids is 1. The van der Waals surface area contributed by atoms with Crippen LogP contribution in [0.3, 0.4) is 0 Å². The Bertz CT molecular complexity index is 487. The van der Waals surface area contributed by atoms with E-state index in [1.807, 2.05) is 17.8 Å². The molecule has 1 N–H and O–H groups in total. The summed E-state index contributed by atoms with van der Waals surface area (Å²) in [4.78, 5) is 12.8. The molecular weight excluding hydrogens is 282 g/mol. The third-order valence-electron chi connectivity index (χ3n) is 3.70. The van der Waals surface area contributed by atoms with E-state index in [0.29, 0.717) is 11.9 Å². The number of rotatable bonds is 2. The van der Waals surface area contributed by atoms with Gasteiger partial charge < -0.3 is 10.1 Å². The number of benzene rings is 1. The van der Waals surface area contributed by atoms with Crippen LogP contribution in [-0.4, -0.2) is 24.3 Å². The van der Waals surface area contributed by atoms with Crippen LogP contribution < -0.4 is 5.32 Å². The van der Waals surface area contributed by atoms with Crippen LogP contribution in [0.15, 0.2) is 17.0 Å². The lowest BCUT2D eigenvalue weighted by Crippen LogP contribution is -2.29. The molecule has 0 saturated carbocycles. The van der Waals surface area contributed by atoms with Gasteiger partial charge in [0.25, 0.3) is 0 Å². The number of ether oxygens (including phenoxy) is 1. The summed E-state index contributed by atoms with van der Waals surface area (Å²) in [5.41, 5.74) is 3.06. The minimum atomic E-state index is -0.175. The van der Waals surface area contributed by atoms with E-state index in [-0.39, 0.29) is 18.4 Å². The van der Waals surface area contributed by atoms with E-state index in [1.165, 1.54) is 23.3 Å². The second-order valence-electron chi connectivity index (χ2n) is 4.86. The van der Waals surface area contributed by atoms with E-state index in [9.17, 15) is 4.79 Å². The maximum atomic E-state index is 11.5. The minimum Gasteiger partial charge on any atom is -0.457 e. The summed E-state index contributed by atoms with van der Waals surface area (Å²) in [5, 5.41) is 4.08. The quantitative estimate of drug-likeness (QED) is 0.852. The Morgan fingerprint density at radius 2 is 2.05 bits per heavy atom. The predicted octanol–water partition coefficient (Wildman–Crippen LogP) is 2.93. The highest BCUT2D eigenvalue weighted by atomic mass is 35.5. The smallest absolute Gasteiger partial charge is 0.338 e. The zero-order valence-corrected chi connectivity index (χ0v) is 12.5. The molecule has 2 aliphatic rings. The summed E-state index contributed by atoms with van der Waals surface area (Å²) < 4.78 is 5.09. The molecule has 0 atom stereocenters. The molecule has 0 bridgehead atoms. The van der Waals surface area contributed by atoms with E-state index < -0.39 is 0 Å². The van der Waals surface area contributed by atoms with Gasteiger partial charge in [-0.2, -0.15) is 0 Å². The van der Waals surface area contributed by atoms with Crippen LogP contribution in [0.4, 0.5) is 0 Å². The third-order valence-corrected chi connectivity index (χ3v) is 5.20. The largest absolute Gasteiger partial charge is 0.457 e. The van der Waals surface area contributed by atoms with Gasteiger partial charge in [0.05, 0.1) is 5.56 Å². The molecule has 0 spiro atoms. The maximum absolute atomic E-state index is 11.5. The number of carbonyl (C=O) groups is 1. The molecule has 0 aromatic heterocycles. The van der Waals surface area contributed by atoms with Gasteiger partial charge in [-0.3, -0.25) is 0 Å². The van der Waals surface area contributed by atoms with Crippen LogP contribution in [0, 0.1) is 6.92 Å². The van der Waals surface area contributed by atoms with Crippen LogP contribution in [0.1, 0.15) is 34.3 Å². The molecule has 3 nitrogen and oxygen atoms in total. The van der Waals surface area contributed by atoms with Crippen molar-refractivity contribution >= 4 is 30.1 Å². The first-order valence-electron chi connectivity index (χ1n) is 6.42. The Labute approximate surface area is 123 Å². The van der Waals surface area contributed by atoms with E-state index in [4.69, 9.17) is 4.74 Å². The molecule has 1 aromatic rings. The van der Waals surface area contributed by atoms with Crippen molar-refractivity contribution in [1.82, 2.24) is 5.32 Å². The molecule has 0 amide bonds. The molecule has 3 rings (SSSR count). The number of hydrogen-bond acceptors (Lipinski definition) is 4. The van der Waals surface area contributed by atoms with Gasteiger partial charge in [-0.05, 0) is 50.6 Å². The van der Waals surface area contributed by atoms with Gasteiger partial charge in [-0.25, -0.2) is 4.79 Å². The Balaban J connectivity index is 0.00000133. The molecule has 2 heterocycles. The molecular formula is C14H18ClNO2S. The van der Waals surface area contributed by atoms with Crippen molar-refractivity contribution in [2.45, 2.75) is 36.5 Å². The Morgan fingerprint density at radius 3 is 2.79 bits per heavy atom. The standard InChI is InChI=1S/C14H17NO2S.ClH/c1-9-12-8-17-14(16)11(12)2-3-13(9)18-10-4-6-15-7-5-10;/h2-3,10,15H,4-8H2,1H3;1H. The predicted molar refractivity (Wildman–Crippen MR) is 79.3 cm³/mol. The summed E-state index contributed by atoms with van der Waals surface area (Å²) in [7, 11) is 0. The molecule has 0 unspecified atom stereocenters. The first-order valence-corrected chi connectivity index (χ1v) is 7.30. The second-order valence-corrected chi connectivity index (χ2v) is 6.20. The van der Waals surface area contributed by atoms with Crippen molar-refractivity contribution < 1.29 is 9.53 Å². The van der Waals surface area contributed by atoms with Crippen LogP contribution in [0.2, 0.25) is 0 Å². The van der Waals surface area contributed by atoms with Crippen LogP contribution in [0.25, 0.3) is 0 Å². The molecule has 19 heavy (non-hydrogen) atoms. The normalized spacial score (nSPS) is 18.7. The number of nitrogens with one attached hydrogen (secondary N) is 1. The molecule has 0 aliphatic carbocycles. The van der Waals surface area contributed by atoms with Gasteiger partial charge in [-0.15, -0.1) is 24.2 Å². The van der Waals surface area contributed by atoms with Gasteiger partial charge >= 0.3 is 5.97 Å². The lowest BCUT2D eigenvalue weighted by atomic mass is 10.0. The average molecular weight is 300 g/mol. The Kier molecular flexibility index (Phi) is 4.76. The van der Waals surface area contributed by atoms with Gasteiger partial charge in [0.1, 0.15) is 6.61 Å². The first-order chi connectivity index (χ1) is 8.75. The van der Waals surface area contributed by atoms with Crippen LogP contribution >= 0.6 is 24.2 Å². The number of halogens is 1. The fraction of sp³-hybridized carbons (Fsp3) is 0.500. The monoisotopic (exact) mass is 299 g/mol. The fourth-order valence-corrected chi connectivity index (χ4v) is 3.83. The topological polar surface area (TPSA) is 38.3 Å². The first kappa shape index (κ1) is 14.7. The lowest BCUT2D eigenvalue weighted by molar-refractivity contribution is 0.0535. The molecule has 1 aromatic carbocycles. The summed E-state index contributed by atoms with van der Waals surface area (Å²) in [6, 6.07) is 3.99. The van der Waals surface area contributed by atoms with Gasteiger partial charge in [0.2, 0.25) is 0 Å². The zero-order valence-electron chi connectivity index (χ0n) is 10.9. The minimum absolute atomic E-state index is 0. The van der Waals surface area contributed by atoms with Crippen molar-refractivity contribution in [1.29, 1.82) is 0 Å². The number of esters is 1. The number of thioether (sulfide) groups is 1. The maximum Gasteiger partial charge on any atom is 0.338 e. The molecule has 104 valence electrons. The van der Waals surface area contributed by atoms with Crippen LogP contribution in [-0.2, 0) is 11.3 Å². The van der Waals surface area contributed by atoms with Crippen molar-refractivity contribution in [3.63, 3.8) is 0 Å². The summed E-state index contributed by atoms with van der Waals surface area (Å²) in [6.07, 6.45) is 2.44. The number of hydrogen-bond donors (Lipinski definition) is 1. The summed E-state index contributed by atoms with van der Waals surface area (Å²) >= 11 is 1.95. The van der Waals surface area contributed by atoms with Crippen molar-refractivity contribution in [3.8, 4) is 0 Å². The van der Waals surface area contributed by atoms with Crippen LogP contribution in [0.5, 0.6) is 0 Å². The van der Waals surface area contributed by atoms with Crippen molar-refractivity contribution in [3.05, 3.63) is 28.8 Å². The fourth-order valence-electron chi connectivity index (χ4n) is 2.55. The number of piperidine rings is 1. The lowest BCUT2D eigenvalue weighted by Gasteiger charge is -2.23.